The molecular weight excluding hydrogens is 573 g/mol. The second kappa shape index (κ2) is 10.5. The number of aromatic nitrogens is 2. The molecule has 0 bridgehead atoms. The first kappa shape index (κ1) is 27.0. The van der Waals surface area contributed by atoms with Gasteiger partial charge in [0.15, 0.2) is 5.16 Å². The van der Waals surface area contributed by atoms with Crippen molar-refractivity contribution in [3.05, 3.63) is 95.1 Å². The summed E-state index contributed by atoms with van der Waals surface area (Å²) in [5.74, 6) is -1.01. The molecule has 7 nitrogen and oxygen atoms in total. The molecule has 3 aromatic carbocycles. The van der Waals surface area contributed by atoms with Crippen LogP contribution in [0.1, 0.15) is 11.1 Å². The molecule has 1 amide bonds. The van der Waals surface area contributed by atoms with Gasteiger partial charge in [0.2, 0.25) is 5.91 Å². The number of fused-ring (bicyclic) bond motifs is 3. The van der Waals surface area contributed by atoms with Gasteiger partial charge in [0.05, 0.1) is 41.1 Å². The number of hydrogen-bond acceptors (Lipinski definition) is 6. The number of benzene rings is 3. The van der Waals surface area contributed by atoms with Crippen LogP contribution in [-0.2, 0) is 27.5 Å². The molecule has 0 fully saturated rings. The molecule has 0 radical (unpaired) electrons. The third-order valence-corrected chi connectivity index (χ3v) is 8.65. The fourth-order valence-corrected chi connectivity index (χ4v) is 6.39. The molecular formula is C26H18ClF3N4O3S2. The van der Waals surface area contributed by atoms with E-state index in [1.54, 1.807) is 18.2 Å². The maximum Gasteiger partial charge on any atom is 0.418 e. The van der Waals surface area contributed by atoms with Crippen LogP contribution < -0.4 is 9.62 Å². The van der Waals surface area contributed by atoms with E-state index in [9.17, 15) is 26.4 Å². The molecule has 39 heavy (non-hydrogen) atoms. The summed E-state index contributed by atoms with van der Waals surface area (Å²) in [7, 11) is -4.04. The number of halogens is 4. The molecule has 0 saturated heterocycles. The largest absolute Gasteiger partial charge is 0.418 e. The Kier molecular flexibility index (Phi) is 7.27. The Morgan fingerprint density at radius 3 is 2.49 bits per heavy atom. The van der Waals surface area contributed by atoms with Gasteiger partial charge < -0.3 is 5.32 Å². The average Bonchev–Trinajstić information content (AvgIpc) is 2.90. The number of nitrogens with zero attached hydrogens (tertiary/aromatic N) is 3. The van der Waals surface area contributed by atoms with Gasteiger partial charge in [-0.25, -0.2) is 18.4 Å². The number of nitrogens with one attached hydrogen (secondary N) is 1. The molecule has 1 aliphatic heterocycles. The molecule has 13 heteroatoms. The molecule has 0 aliphatic carbocycles. The molecule has 200 valence electrons. The molecule has 2 heterocycles. The van der Waals surface area contributed by atoms with Gasteiger partial charge in [-0.15, -0.1) is 0 Å². The van der Waals surface area contributed by atoms with E-state index in [-0.39, 0.29) is 33.7 Å². The van der Waals surface area contributed by atoms with Gasteiger partial charge >= 0.3 is 6.18 Å². The summed E-state index contributed by atoms with van der Waals surface area (Å²) in [5, 5.41) is 2.70. The Hall–Kier alpha value is -3.61. The van der Waals surface area contributed by atoms with Crippen molar-refractivity contribution in [3.8, 4) is 11.3 Å². The number of alkyl halides is 3. The summed E-state index contributed by atoms with van der Waals surface area (Å²) in [5.41, 5.74) is 0.416. The van der Waals surface area contributed by atoms with Crippen molar-refractivity contribution in [1.82, 2.24) is 9.97 Å². The molecule has 0 unspecified atom stereocenters. The summed E-state index contributed by atoms with van der Waals surface area (Å²) in [6.45, 7) is 0.0767. The molecule has 4 aromatic rings. The highest BCUT2D eigenvalue weighted by molar-refractivity contribution is 7.99. The number of para-hydroxylation sites is 1. The summed E-state index contributed by atoms with van der Waals surface area (Å²) in [4.78, 5) is 20.8. The average molecular weight is 591 g/mol. The van der Waals surface area contributed by atoms with Gasteiger partial charge in [0, 0.05) is 10.6 Å². The first-order chi connectivity index (χ1) is 18.5. The second-order valence-corrected chi connectivity index (χ2v) is 11.6. The van der Waals surface area contributed by atoms with Crippen molar-refractivity contribution in [3.63, 3.8) is 0 Å². The van der Waals surface area contributed by atoms with E-state index >= 15 is 0 Å². The van der Waals surface area contributed by atoms with E-state index in [0.29, 0.717) is 16.3 Å². The zero-order valence-corrected chi connectivity index (χ0v) is 22.2. The quantitative estimate of drug-likeness (QED) is 0.211. The molecule has 0 saturated carbocycles. The number of carbonyl (C=O) groups excluding carboxylic acids is 1. The minimum absolute atomic E-state index is 0.0747. The Balaban J connectivity index is 1.42. The predicted octanol–water partition coefficient (Wildman–Crippen LogP) is 6.26. The zero-order chi connectivity index (χ0) is 27.8. The number of sulfonamides is 1. The highest BCUT2D eigenvalue weighted by Gasteiger charge is 2.37. The standard InChI is InChI=1S/C26H18ClF3N4O3S2/c27-17-10-11-21-18(12-17)24-22(39(36,37)34(21)14-16-6-2-1-3-7-16)13-31-25(33-24)38-15-23(35)32-20-9-5-4-8-19(20)26(28,29)30/h1-13H,14-15H2,(H,32,35). The smallest absolute Gasteiger partial charge is 0.325 e. The number of carbonyl (C=O) groups is 1. The number of amides is 1. The van der Waals surface area contributed by atoms with E-state index in [0.717, 1.165) is 29.5 Å². The summed E-state index contributed by atoms with van der Waals surface area (Å²) < 4.78 is 68.2. The van der Waals surface area contributed by atoms with Crippen LogP contribution in [0.15, 0.2) is 89.0 Å². The molecule has 1 aromatic heterocycles. The zero-order valence-electron chi connectivity index (χ0n) is 19.8. The highest BCUT2D eigenvalue weighted by atomic mass is 35.5. The van der Waals surface area contributed by atoms with Gasteiger partial charge in [-0.2, -0.15) is 13.2 Å². The Labute approximate surface area is 231 Å². The lowest BCUT2D eigenvalue weighted by Crippen LogP contribution is -2.34. The Morgan fingerprint density at radius 2 is 1.74 bits per heavy atom. The SMILES string of the molecule is O=C(CSc1ncc2c(n1)-c1cc(Cl)ccc1N(Cc1ccccc1)S2(=O)=O)Nc1ccccc1C(F)(F)F. The first-order valence-corrected chi connectivity index (χ1v) is 14.2. The Bertz CT molecular complexity index is 1670. The van der Waals surface area contributed by atoms with E-state index < -0.39 is 27.7 Å². The van der Waals surface area contributed by atoms with Crippen molar-refractivity contribution >= 4 is 50.7 Å². The molecule has 1 N–H and O–H groups in total. The monoisotopic (exact) mass is 590 g/mol. The fraction of sp³-hybridized carbons (Fsp3) is 0.115. The maximum absolute atomic E-state index is 13.6. The van der Waals surface area contributed by atoms with Crippen molar-refractivity contribution in [2.24, 2.45) is 0 Å². The fourth-order valence-electron chi connectivity index (χ4n) is 4.04. The lowest BCUT2D eigenvalue weighted by molar-refractivity contribution is -0.137. The van der Waals surface area contributed by atoms with Crippen LogP contribution in [0.25, 0.3) is 11.3 Å². The second-order valence-electron chi connectivity index (χ2n) is 8.40. The van der Waals surface area contributed by atoms with Gasteiger partial charge in [-0.1, -0.05) is 65.8 Å². The van der Waals surface area contributed by atoms with Crippen LogP contribution in [0.5, 0.6) is 0 Å². The van der Waals surface area contributed by atoms with E-state index in [1.165, 1.54) is 22.6 Å². The number of thioether (sulfide) groups is 1. The van der Waals surface area contributed by atoms with Gasteiger partial charge in [-0.3, -0.25) is 9.10 Å². The van der Waals surface area contributed by atoms with Crippen LogP contribution in [0.2, 0.25) is 5.02 Å². The highest BCUT2D eigenvalue weighted by Crippen LogP contribution is 2.44. The molecule has 1 aliphatic rings. The lowest BCUT2D eigenvalue weighted by Gasteiger charge is -2.31. The predicted molar refractivity (Wildman–Crippen MR) is 143 cm³/mol. The van der Waals surface area contributed by atoms with E-state index in [4.69, 9.17) is 11.6 Å². The lowest BCUT2D eigenvalue weighted by atomic mass is 10.1. The number of anilines is 2. The minimum atomic E-state index is -4.63. The van der Waals surface area contributed by atoms with Gasteiger partial charge in [0.25, 0.3) is 10.0 Å². The first-order valence-electron chi connectivity index (χ1n) is 11.4. The topological polar surface area (TPSA) is 92.3 Å². The molecule has 5 rings (SSSR count). The van der Waals surface area contributed by atoms with Gasteiger partial charge in [0.1, 0.15) is 4.90 Å². The third kappa shape index (κ3) is 5.58. The maximum atomic E-state index is 13.6. The van der Waals surface area contributed by atoms with Crippen molar-refractivity contribution < 1.29 is 26.4 Å². The summed E-state index contributed by atoms with van der Waals surface area (Å²) in [6.07, 6.45) is -3.47. The number of rotatable bonds is 6. The summed E-state index contributed by atoms with van der Waals surface area (Å²) >= 11 is 7.10. The van der Waals surface area contributed by atoms with Crippen LogP contribution in [-0.4, -0.2) is 30.0 Å². The number of hydrogen-bond donors (Lipinski definition) is 1. The van der Waals surface area contributed by atoms with Crippen molar-refractivity contribution in [2.75, 3.05) is 15.4 Å². The van der Waals surface area contributed by atoms with Gasteiger partial charge in [-0.05, 0) is 35.9 Å². The normalized spacial score (nSPS) is 13.9. The van der Waals surface area contributed by atoms with Crippen LogP contribution in [0.4, 0.5) is 24.5 Å². The van der Waals surface area contributed by atoms with E-state index in [1.807, 2.05) is 30.3 Å². The Morgan fingerprint density at radius 1 is 1.03 bits per heavy atom. The summed E-state index contributed by atoms with van der Waals surface area (Å²) in [6, 6.07) is 18.5. The van der Waals surface area contributed by atoms with Crippen molar-refractivity contribution in [1.29, 1.82) is 0 Å². The van der Waals surface area contributed by atoms with Crippen LogP contribution in [0.3, 0.4) is 0 Å². The molecule has 0 atom stereocenters. The minimum Gasteiger partial charge on any atom is -0.325 e. The van der Waals surface area contributed by atoms with Crippen LogP contribution >= 0.6 is 23.4 Å². The van der Waals surface area contributed by atoms with E-state index in [2.05, 4.69) is 15.3 Å². The third-order valence-electron chi connectivity index (χ3n) is 5.79. The van der Waals surface area contributed by atoms with Crippen molar-refractivity contribution in [2.45, 2.75) is 22.8 Å². The van der Waals surface area contributed by atoms with Crippen LogP contribution in [0, 0.1) is 0 Å². The molecule has 0 spiro atoms.